The molecule has 0 aliphatic heterocycles. The molecular weight excluding hydrogens is 181 g/mol. The van der Waals surface area contributed by atoms with Crippen LogP contribution in [0.2, 0.25) is 5.02 Å². The van der Waals surface area contributed by atoms with Crippen molar-refractivity contribution in [2.75, 3.05) is 0 Å². The molecule has 2 nitrogen and oxygen atoms in total. The lowest BCUT2D eigenvalue weighted by Crippen LogP contribution is -1.81. The third-order valence-electron chi connectivity index (χ3n) is 1.42. The molecule has 0 N–H and O–H groups in total. The minimum absolute atomic E-state index is 0.147. The van der Waals surface area contributed by atoms with Crippen molar-refractivity contribution in [2.24, 2.45) is 4.99 Å². The average molecular weight is 186 g/mol. The van der Waals surface area contributed by atoms with E-state index in [1.165, 1.54) is 18.2 Å². The van der Waals surface area contributed by atoms with Crippen molar-refractivity contribution in [3.05, 3.63) is 28.5 Å². The minimum Gasteiger partial charge on any atom is -0.211 e. The molecule has 0 fully saturated rings. The smallest absolute Gasteiger partial charge is 0.211 e. The molecule has 0 aliphatic rings. The van der Waals surface area contributed by atoms with Gasteiger partial charge in [-0.05, 0) is 18.6 Å². The van der Waals surface area contributed by atoms with Crippen molar-refractivity contribution in [3.63, 3.8) is 0 Å². The predicted octanol–water partition coefficient (Wildman–Crippen LogP) is 2.75. The Morgan fingerprint density at radius 2 is 2.25 bits per heavy atom. The second kappa shape index (κ2) is 3.48. The maximum Gasteiger partial charge on any atom is 0.240 e. The molecule has 4 heteroatoms. The van der Waals surface area contributed by atoms with Crippen LogP contribution in [-0.2, 0) is 4.79 Å². The summed E-state index contributed by atoms with van der Waals surface area (Å²) >= 11 is 5.66. The Kier molecular flexibility index (Phi) is 2.58. The van der Waals surface area contributed by atoms with Crippen LogP contribution in [0.3, 0.4) is 0 Å². The van der Waals surface area contributed by atoms with E-state index in [-0.39, 0.29) is 10.7 Å². The molecule has 0 aliphatic carbocycles. The van der Waals surface area contributed by atoms with Crippen molar-refractivity contribution in [2.45, 2.75) is 6.92 Å². The zero-order chi connectivity index (χ0) is 9.14. The highest BCUT2D eigenvalue weighted by Crippen LogP contribution is 2.30. The topological polar surface area (TPSA) is 29.4 Å². The van der Waals surface area contributed by atoms with Gasteiger partial charge in [0.1, 0.15) is 5.69 Å². The predicted molar refractivity (Wildman–Crippen MR) is 43.9 cm³/mol. The van der Waals surface area contributed by atoms with E-state index in [2.05, 4.69) is 4.99 Å². The van der Waals surface area contributed by atoms with Gasteiger partial charge in [0.15, 0.2) is 5.82 Å². The number of benzene rings is 1. The van der Waals surface area contributed by atoms with Crippen molar-refractivity contribution in [3.8, 4) is 0 Å². The molecule has 0 radical (unpaired) electrons. The molecule has 62 valence electrons. The Hall–Kier alpha value is -1.18. The van der Waals surface area contributed by atoms with E-state index in [1.807, 2.05) is 0 Å². The molecule has 0 heterocycles. The Morgan fingerprint density at radius 3 is 2.83 bits per heavy atom. The molecule has 0 amide bonds. The third-order valence-corrected chi connectivity index (χ3v) is 1.89. The summed E-state index contributed by atoms with van der Waals surface area (Å²) in [6.07, 6.45) is 1.24. The van der Waals surface area contributed by atoms with Gasteiger partial charge < -0.3 is 0 Å². The summed E-state index contributed by atoms with van der Waals surface area (Å²) in [5.74, 6) is -0.617. The van der Waals surface area contributed by atoms with Gasteiger partial charge in [-0.25, -0.2) is 9.18 Å². The number of isocyanates is 1. The van der Waals surface area contributed by atoms with E-state index >= 15 is 0 Å². The molecule has 0 saturated heterocycles. The summed E-state index contributed by atoms with van der Waals surface area (Å²) in [4.78, 5) is 13.0. The molecule has 0 bridgehead atoms. The fraction of sp³-hybridized carbons (Fsp3) is 0.125. The lowest BCUT2D eigenvalue weighted by Gasteiger charge is -2.00. The van der Waals surface area contributed by atoms with Crippen molar-refractivity contribution < 1.29 is 9.18 Å². The zero-order valence-corrected chi connectivity index (χ0v) is 7.02. The van der Waals surface area contributed by atoms with Crippen LogP contribution >= 0.6 is 11.6 Å². The van der Waals surface area contributed by atoms with Crippen LogP contribution in [-0.4, -0.2) is 6.08 Å². The lowest BCUT2D eigenvalue weighted by atomic mass is 10.2. The molecule has 0 saturated carbocycles. The van der Waals surface area contributed by atoms with Crippen LogP contribution in [0.1, 0.15) is 5.56 Å². The summed E-state index contributed by atoms with van der Waals surface area (Å²) in [5.41, 5.74) is 0.527. The van der Waals surface area contributed by atoms with Crippen LogP contribution < -0.4 is 0 Å². The van der Waals surface area contributed by atoms with Gasteiger partial charge in [-0.1, -0.05) is 17.7 Å². The van der Waals surface area contributed by atoms with Gasteiger partial charge in [0.2, 0.25) is 6.08 Å². The summed E-state index contributed by atoms with van der Waals surface area (Å²) in [6.45, 7) is 1.70. The second-order valence-corrected chi connectivity index (χ2v) is 2.61. The number of aryl methyl sites for hydroxylation is 1. The number of nitrogens with zero attached hydrogens (tertiary/aromatic N) is 1. The van der Waals surface area contributed by atoms with Gasteiger partial charge in [-0.15, -0.1) is 0 Å². The zero-order valence-electron chi connectivity index (χ0n) is 6.27. The van der Waals surface area contributed by atoms with E-state index in [9.17, 15) is 9.18 Å². The Labute approximate surface area is 73.7 Å². The molecule has 1 aromatic carbocycles. The third kappa shape index (κ3) is 1.52. The first kappa shape index (κ1) is 8.91. The first-order valence-corrected chi connectivity index (χ1v) is 3.57. The van der Waals surface area contributed by atoms with Gasteiger partial charge in [-0.3, -0.25) is 0 Å². The highest BCUT2D eigenvalue weighted by Gasteiger charge is 2.07. The Bertz CT molecular complexity index is 358. The Balaban J connectivity index is 3.42. The molecule has 1 aromatic rings. The lowest BCUT2D eigenvalue weighted by molar-refractivity contribution is 0.564. The van der Waals surface area contributed by atoms with Gasteiger partial charge in [0.25, 0.3) is 0 Å². The van der Waals surface area contributed by atoms with Gasteiger partial charge >= 0.3 is 0 Å². The summed E-state index contributed by atoms with van der Waals surface area (Å²) in [6, 6.07) is 2.72. The van der Waals surface area contributed by atoms with Gasteiger partial charge in [0, 0.05) is 0 Å². The van der Waals surface area contributed by atoms with E-state index in [4.69, 9.17) is 11.6 Å². The first-order chi connectivity index (χ1) is 5.66. The number of halogens is 2. The van der Waals surface area contributed by atoms with E-state index in [1.54, 1.807) is 6.92 Å². The largest absolute Gasteiger partial charge is 0.240 e. The highest BCUT2D eigenvalue weighted by molar-refractivity contribution is 6.33. The first-order valence-electron chi connectivity index (χ1n) is 3.19. The summed E-state index contributed by atoms with van der Waals surface area (Å²) < 4.78 is 12.9. The van der Waals surface area contributed by atoms with Crippen LogP contribution in [0.15, 0.2) is 17.1 Å². The van der Waals surface area contributed by atoms with Gasteiger partial charge in [-0.2, -0.15) is 4.99 Å². The van der Waals surface area contributed by atoms with Crippen LogP contribution in [0.5, 0.6) is 0 Å². The molecule has 0 spiro atoms. The summed E-state index contributed by atoms with van der Waals surface area (Å²) in [7, 11) is 0. The van der Waals surface area contributed by atoms with E-state index in [0.29, 0.717) is 5.56 Å². The van der Waals surface area contributed by atoms with Crippen LogP contribution in [0.4, 0.5) is 10.1 Å². The minimum atomic E-state index is -0.617. The molecular formula is C8H5ClFNO. The van der Waals surface area contributed by atoms with E-state index in [0.717, 1.165) is 0 Å². The number of hydrogen-bond acceptors (Lipinski definition) is 2. The fourth-order valence-electron chi connectivity index (χ4n) is 0.790. The maximum absolute atomic E-state index is 12.9. The highest BCUT2D eigenvalue weighted by atomic mass is 35.5. The Morgan fingerprint density at radius 1 is 1.58 bits per heavy atom. The standard InChI is InChI=1S/C8H5ClFNO/c1-5-2-3-6(10)8(7(5)9)11-4-12/h2-3H,1H3. The molecule has 1 rings (SSSR count). The monoisotopic (exact) mass is 185 g/mol. The van der Waals surface area contributed by atoms with Crippen molar-refractivity contribution in [1.29, 1.82) is 0 Å². The van der Waals surface area contributed by atoms with Crippen molar-refractivity contribution in [1.82, 2.24) is 0 Å². The summed E-state index contributed by atoms with van der Waals surface area (Å²) in [5, 5.41) is 0.151. The van der Waals surface area contributed by atoms with Crippen LogP contribution in [0.25, 0.3) is 0 Å². The van der Waals surface area contributed by atoms with Gasteiger partial charge in [0.05, 0.1) is 5.02 Å². The fourth-order valence-corrected chi connectivity index (χ4v) is 0.986. The van der Waals surface area contributed by atoms with E-state index < -0.39 is 5.82 Å². The SMILES string of the molecule is Cc1ccc(F)c(N=C=O)c1Cl. The number of carbonyl (C=O) groups excluding carboxylic acids is 1. The maximum atomic E-state index is 12.9. The number of hydrogen-bond donors (Lipinski definition) is 0. The molecule has 0 unspecified atom stereocenters. The number of rotatable bonds is 1. The molecule has 12 heavy (non-hydrogen) atoms. The molecule has 0 atom stereocenters. The normalized spacial score (nSPS) is 9.25. The quantitative estimate of drug-likeness (QED) is 0.489. The van der Waals surface area contributed by atoms with Crippen LogP contribution in [0, 0.1) is 12.7 Å². The van der Waals surface area contributed by atoms with Crippen molar-refractivity contribution >= 4 is 23.4 Å². The molecule has 0 aromatic heterocycles. The second-order valence-electron chi connectivity index (χ2n) is 2.23. The average Bonchev–Trinajstić information content (AvgIpc) is 2.06. The number of aliphatic imine (C=N–C) groups is 1.